The van der Waals surface area contributed by atoms with Crippen LogP contribution in [-0.4, -0.2) is 66.5 Å². The Bertz CT molecular complexity index is 625. The molecule has 0 bridgehead atoms. The summed E-state index contributed by atoms with van der Waals surface area (Å²) in [6, 6.07) is -0.528. The third-order valence-corrected chi connectivity index (χ3v) is 3.00. The first kappa shape index (κ1) is 22.7. The number of amides is 2. The SMILES string of the molecule is CC(=O)N[C@@H](C)C(=O)N[C@@H](C)c1ncc(OC(N(C)C)=[N+](C)C)o1.[Cl-]. The van der Waals surface area contributed by atoms with Crippen LogP contribution in [0.4, 0.5) is 0 Å². The number of carbonyl (C=O) groups excluding carboxylic acids is 2. The number of nitrogens with one attached hydrogen (secondary N) is 2. The van der Waals surface area contributed by atoms with Crippen molar-refractivity contribution in [1.29, 1.82) is 0 Å². The second kappa shape index (κ2) is 9.87. The van der Waals surface area contributed by atoms with Gasteiger partial charge in [-0.15, -0.1) is 0 Å². The maximum atomic E-state index is 12.0. The average Bonchev–Trinajstić information content (AvgIpc) is 2.91. The smallest absolute Gasteiger partial charge is 0.453 e. The number of hydrogen-bond donors (Lipinski definition) is 2. The Labute approximate surface area is 153 Å². The summed E-state index contributed by atoms with van der Waals surface area (Å²) < 4.78 is 13.0. The summed E-state index contributed by atoms with van der Waals surface area (Å²) >= 11 is 0. The highest BCUT2D eigenvalue weighted by Gasteiger charge is 2.22. The summed E-state index contributed by atoms with van der Waals surface area (Å²) in [5.74, 6) is -0.0663. The number of aromatic nitrogens is 1. The lowest BCUT2D eigenvalue weighted by molar-refractivity contribution is -0.478. The number of ether oxygens (including phenoxy) is 1. The number of rotatable bonds is 5. The van der Waals surface area contributed by atoms with Crippen molar-refractivity contribution in [1.82, 2.24) is 20.5 Å². The molecule has 142 valence electrons. The number of hydrogen-bond acceptors (Lipinski definition) is 5. The molecule has 10 heteroatoms. The monoisotopic (exact) mass is 375 g/mol. The lowest BCUT2D eigenvalue weighted by Gasteiger charge is -2.15. The van der Waals surface area contributed by atoms with Gasteiger partial charge in [0.15, 0.2) is 0 Å². The molecule has 1 heterocycles. The van der Waals surface area contributed by atoms with Gasteiger partial charge < -0.3 is 32.2 Å². The maximum Gasteiger partial charge on any atom is 0.453 e. The number of nitrogens with zero attached hydrogens (tertiary/aromatic N) is 3. The molecule has 2 atom stereocenters. The van der Waals surface area contributed by atoms with E-state index in [0.29, 0.717) is 11.9 Å². The van der Waals surface area contributed by atoms with Gasteiger partial charge in [0.1, 0.15) is 18.3 Å². The molecule has 0 aliphatic heterocycles. The third-order valence-electron chi connectivity index (χ3n) is 3.00. The molecule has 1 aromatic heterocycles. The molecule has 0 fully saturated rings. The van der Waals surface area contributed by atoms with Crippen molar-refractivity contribution >= 4 is 17.8 Å². The maximum absolute atomic E-state index is 12.0. The first-order valence-electron chi connectivity index (χ1n) is 7.54. The summed E-state index contributed by atoms with van der Waals surface area (Å²) in [5.41, 5.74) is 0. The van der Waals surface area contributed by atoms with Gasteiger partial charge in [-0.05, 0) is 13.8 Å². The van der Waals surface area contributed by atoms with Crippen molar-refractivity contribution in [3.63, 3.8) is 0 Å². The van der Waals surface area contributed by atoms with Gasteiger partial charge in [0.2, 0.25) is 17.7 Å². The molecule has 0 radical (unpaired) electrons. The quantitative estimate of drug-likeness (QED) is 0.322. The highest BCUT2D eigenvalue weighted by Crippen LogP contribution is 2.18. The van der Waals surface area contributed by atoms with Crippen molar-refractivity contribution in [2.75, 3.05) is 28.2 Å². The number of oxazole rings is 1. The van der Waals surface area contributed by atoms with Crippen molar-refractivity contribution in [3.05, 3.63) is 12.1 Å². The Kier molecular flexibility index (Phi) is 8.97. The van der Waals surface area contributed by atoms with Crippen molar-refractivity contribution in [2.24, 2.45) is 0 Å². The fourth-order valence-electron chi connectivity index (χ4n) is 1.96. The van der Waals surface area contributed by atoms with E-state index in [0.717, 1.165) is 0 Å². The van der Waals surface area contributed by atoms with E-state index < -0.39 is 12.1 Å². The largest absolute Gasteiger partial charge is 1.00 e. The predicted octanol–water partition coefficient (Wildman–Crippen LogP) is -3.05. The van der Waals surface area contributed by atoms with E-state index in [-0.39, 0.29) is 30.2 Å². The van der Waals surface area contributed by atoms with Crippen LogP contribution in [0.3, 0.4) is 0 Å². The molecule has 0 aliphatic rings. The summed E-state index contributed by atoms with van der Waals surface area (Å²) in [5, 5.41) is 5.23. The average molecular weight is 376 g/mol. The molecule has 0 spiro atoms. The minimum Gasteiger partial charge on any atom is -1.00 e. The minimum atomic E-state index is -0.641. The molecule has 1 aromatic rings. The Morgan fingerprint density at radius 3 is 2.36 bits per heavy atom. The molecule has 0 saturated heterocycles. The topological polar surface area (TPSA) is 99.7 Å². The van der Waals surface area contributed by atoms with Crippen LogP contribution >= 0.6 is 0 Å². The number of amidine groups is 1. The second-order valence-corrected chi connectivity index (χ2v) is 5.84. The molecule has 9 nitrogen and oxygen atoms in total. The summed E-state index contributed by atoms with van der Waals surface area (Å²) in [4.78, 5) is 28.9. The number of halogens is 1. The first-order valence-corrected chi connectivity index (χ1v) is 7.54. The highest BCUT2D eigenvalue weighted by molar-refractivity contribution is 5.86. The Balaban J connectivity index is 0.00000576. The van der Waals surface area contributed by atoms with E-state index in [2.05, 4.69) is 15.6 Å². The molecule has 2 N–H and O–H groups in total. The van der Waals surface area contributed by atoms with Gasteiger partial charge in [-0.3, -0.25) is 9.59 Å². The van der Waals surface area contributed by atoms with Crippen LogP contribution < -0.4 is 27.8 Å². The van der Waals surface area contributed by atoms with Gasteiger partial charge >= 0.3 is 12.0 Å². The van der Waals surface area contributed by atoms with Crippen LogP contribution in [0.5, 0.6) is 5.95 Å². The molecule has 1 rings (SSSR count). The number of carbonyl (C=O) groups is 2. The minimum absolute atomic E-state index is 0. The van der Waals surface area contributed by atoms with Crippen LogP contribution in [0, 0.1) is 0 Å². The normalized spacial score (nSPS) is 12.3. The van der Waals surface area contributed by atoms with E-state index in [1.54, 1.807) is 23.3 Å². The van der Waals surface area contributed by atoms with E-state index in [9.17, 15) is 9.59 Å². The molecular formula is C15H26ClN5O4. The standard InChI is InChI=1S/C15H25N5O4.ClH/c1-9(17-11(3)21)13(22)18-10(2)14-16-8-12(23-14)24-15(19(4)5)20(6)7;/h8-10H,1-7H3,(H-,17,18,21,22);1H/t9-,10-;/m0./s1. The molecule has 0 aromatic carbocycles. The zero-order valence-corrected chi connectivity index (χ0v) is 16.3. The molecule has 0 aliphatic carbocycles. The van der Waals surface area contributed by atoms with Gasteiger partial charge in [0.05, 0.1) is 28.2 Å². The molecule has 25 heavy (non-hydrogen) atoms. The van der Waals surface area contributed by atoms with Crippen LogP contribution in [0.15, 0.2) is 10.6 Å². The van der Waals surface area contributed by atoms with Gasteiger partial charge in [0.25, 0.3) is 0 Å². The highest BCUT2D eigenvalue weighted by atomic mass is 35.5. The second-order valence-electron chi connectivity index (χ2n) is 5.84. The van der Waals surface area contributed by atoms with E-state index in [4.69, 9.17) is 9.15 Å². The Hall–Kier alpha value is -2.29. The molecular weight excluding hydrogens is 350 g/mol. The third kappa shape index (κ3) is 7.00. The zero-order valence-electron chi connectivity index (χ0n) is 15.6. The van der Waals surface area contributed by atoms with E-state index in [1.807, 2.05) is 28.2 Å². The van der Waals surface area contributed by atoms with Crippen LogP contribution in [0.1, 0.15) is 32.7 Å². The fraction of sp³-hybridized carbons (Fsp3) is 0.600. The first-order chi connectivity index (χ1) is 11.1. The van der Waals surface area contributed by atoms with Crippen molar-refractivity contribution in [2.45, 2.75) is 32.9 Å². The van der Waals surface area contributed by atoms with Gasteiger partial charge in [-0.1, -0.05) is 0 Å². The molecule has 0 saturated carbocycles. The Morgan fingerprint density at radius 2 is 1.88 bits per heavy atom. The molecule has 2 amide bonds. The van der Waals surface area contributed by atoms with Crippen LogP contribution in [-0.2, 0) is 9.59 Å². The predicted molar refractivity (Wildman–Crippen MR) is 87.8 cm³/mol. The van der Waals surface area contributed by atoms with Gasteiger partial charge in [0, 0.05) is 6.92 Å². The lowest BCUT2D eigenvalue weighted by atomic mass is 10.2. The van der Waals surface area contributed by atoms with Crippen molar-refractivity contribution in [3.8, 4) is 5.95 Å². The molecule has 0 unspecified atom stereocenters. The summed E-state index contributed by atoms with van der Waals surface area (Å²) in [6.45, 7) is 4.69. The van der Waals surface area contributed by atoms with Gasteiger partial charge in [-0.2, -0.15) is 0 Å². The summed E-state index contributed by atoms with van der Waals surface area (Å²) in [7, 11) is 7.38. The van der Waals surface area contributed by atoms with Crippen LogP contribution in [0.25, 0.3) is 0 Å². The summed E-state index contributed by atoms with van der Waals surface area (Å²) in [6.07, 6.45) is 1.45. The van der Waals surface area contributed by atoms with Crippen LogP contribution in [0.2, 0.25) is 0 Å². The van der Waals surface area contributed by atoms with Crippen molar-refractivity contribution < 1.29 is 35.7 Å². The zero-order chi connectivity index (χ0) is 18.4. The fourth-order valence-corrected chi connectivity index (χ4v) is 1.96. The van der Waals surface area contributed by atoms with E-state index in [1.165, 1.54) is 13.1 Å². The lowest BCUT2D eigenvalue weighted by Crippen LogP contribution is -3.00. The van der Waals surface area contributed by atoms with Gasteiger partial charge in [-0.25, -0.2) is 14.5 Å². The Morgan fingerprint density at radius 1 is 1.28 bits per heavy atom. The van der Waals surface area contributed by atoms with E-state index >= 15 is 0 Å².